The molecular weight excluding hydrogens is 147 g/mol. The minimum Gasteiger partial charge on any atom is -0.479 e. The van der Waals surface area contributed by atoms with E-state index in [2.05, 4.69) is 0 Å². The number of rotatable bonds is 5. The number of carboxylic acids is 1. The lowest BCUT2D eigenvalue weighted by Gasteiger charge is -2.14. The lowest BCUT2D eigenvalue weighted by Crippen LogP contribution is -2.24. The highest BCUT2D eigenvalue weighted by atomic mass is 19.1. The van der Waals surface area contributed by atoms with Gasteiger partial charge in [-0.25, -0.2) is 9.18 Å². The van der Waals surface area contributed by atoms with Crippen LogP contribution in [0.2, 0.25) is 0 Å². The van der Waals surface area contributed by atoms with E-state index in [1.165, 1.54) is 0 Å². The summed E-state index contributed by atoms with van der Waals surface area (Å²) in [7, 11) is 0. The van der Waals surface area contributed by atoms with E-state index in [1.54, 1.807) is 0 Å². The van der Waals surface area contributed by atoms with Crippen LogP contribution in [-0.4, -0.2) is 17.2 Å². The highest BCUT2D eigenvalue weighted by molar-refractivity contribution is 5.72. The average Bonchev–Trinajstić information content (AvgIpc) is 1.98. The molecule has 2 nitrogen and oxygen atoms in total. The van der Waals surface area contributed by atoms with Crippen molar-refractivity contribution in [3.63, 3.8) is 0 Å². The first-order chi connectivity index (χ1) is 5.13. The van der Waals surface area contributed by atoms with Crippen LogP contribution in [0.5, 0.6) is 0 Å². The van der Waals surface area contributed by atoms with E-state index in [4.69, 9.17) is 5.11 Å². The lowest BCUT2D eigenvalue weighted by atomic mass is 9.95. The molecule has 0 saturated carbocycles. The second-order valence-corrected chi connectivity index (χ2v) is 2.70. The van der Waals surface area contributed by atoms with E-state index in [9.17, 15) is 9.18 Å². The minimum absolute atomic E-state index is 0.308. The first-order valence-electron chi connectivity index (χ1n) is 4.00. The van der Waals surface area contributed by atoms with Crippen molar-refractivity contribution in [2.24, 2.45) is 5.92 Å². The van der Waals surface area contributed by atoms with Gasteiger partial charge in [-0.1, -0.05) is 20.3 Å². The van der Waals surface area contributed by atoms with Crippen molar-refractivity contribution >= 4 is 5.97 Å². The quantitative estimate of drug-likeness (QED) is 0.673. The molecule has 2 atom stereocenters. The molecular formula is C8H15FO2. The van der Waals surface area contributed by atoms with Gasteiger partial charge in [0.1, 0.15) is 0 Å². The molecule has 11 heavy (non-hydrogen) atoms. The average molecular weight is 162 g/mol. The summed E-state index contributed by atoms with van der Waals surface area (Å²) in [5.74, 6) is -1.64. The van der Waals surface area contributed by atoms with Crippen LogP contribution in [0.1, 0.15) is 33.1 Å². The summed E-state index contributed by atoms with van der Waals surface area (Å²) < 4.78 is 12.8. The Balaban J connectivity index is 3.91. The number of carboxylic acid groups (broad SMARTS) is 1. The van der Waals surface area contributed by atoms with E-state index >= 15 is 0 Å². The molecule has 0 aliphatic rings. The first-order valence-corrected chi connectivity index (χ1v) is 4.00. The van der Waals surface area contributed by atoms with Gasteiger partial charge in [0.05, 0.1) is 0 Å². The second-order valence-electron chi connectivity index (χ2n) is 2.70. The van der Waals surface area contributed by atoms with Gasteiger partial charge >= 0.3 is 5.97 Å². The fraction of sp³-hybridized carbons (Fsp3) is 0.875. The molecule has 66 valence electrons. The standard InChI is InChI=1S/C8H15FO2/c1-3-5-6(4-2)7(9)8(10)11/h6-7H,3-5H2,1-2H3,(H,10,11). The lowest BCUT2D eigenvalue weighted by molar-refractivity contribution is -0.145. The summed E-state index contributed by atoms with van der Waals surface area (Å²) in [4.78, 5) is 10.2. The summed E-state index contributed by atoms with van der Waals surface area (Å²) in [6.45, 7) is 3.74. The molecule has 1 N–H and O–H groups in total. The normalized spacial score (nSPS) is 15.9. The number of halogens is 1. The molecule has 0 saturated heterocycles. The molecule has 0 aliphatic heterocycles. The first kappa shape index (κ1) is 10.4. The predicted molar refractivity (Wildman–Crippen MR) is 41.2 cm³/mol. The summed E-state index contributed by atoms with van der Waals surface area (Å²) in [6.07, 6.45) is 0.414. The van der Waals surface area contributed by atoms with Crippen LogP contribution >= 0.6 is 0 Å². The Morgan fingerprint density at radius 2 is 2.09 bits per heavy atom. The SMILES string of the molecule is CCCC(CC)C(F)C(=O)O. The van der Waals surface area contributed by atoms with E-state index in [-0.39, 0.29) is 5.92 Å². The van der Waals surface area contributed by atoms with Gasteiger partial charge in [-0.15, -0.1) is 0 Å². The van der Waals surface area contributed by atoms with Crippen LogP contribution in [0.3, 0.4) is 0 Å². The van der Waals surface area contributed by atoms with Crippen molar-refractivity contribution in [1.29, 1.82) is 0 Å². The Morgan fingerprint density at radius 1 is 1.55 bits per heavy atom. The van der Waals surface area contributed by atoms with Gasteiger partial charge in [0.25, 0.3) is 0 Å². The molecule has 3 heteroatoms. The van der Waals surface area contributed by atoms with Crippen LogP contribution in [0.15, 0.2) is 0 Å². The molecule has 0 amide bonds. The number of carbonyl (C=O) groups is 1. The molecule has 0 aromatic rings. The van der Waals surface area contributed by atoms with E-state index < -0.39 is 12.1 Å². The molecule has 2 unspecified atom stereocenters. The number of aliphatic carboxylic acids is 1. The van der Waals surface area contributed by atoms with Gasteiger partial charge < -0.3 is 5.11 Å². The highest BCUT2D eigenvalue weighted by Crippen LogP contribution is 2.18. The maximum atomic E-state index is 12.8. The van der Waals surface area contributed by atoms with Crippen molar-refractivity contribution in [2.75, 3.05) is 0 Å². The maximum absolute atomic E-state index is 12.8. The van der Waals surface area contributed by atoms with Crippen LogP contribution in [-0.2, 0) is 4.79 Å². The zero-order chi connectivity index (χ0) is 8.85. The number of hydrogen-bond acceptors (Lipinski definition) is 1. The topological polar surface area (TPSA) is 37.3 Å². The molecule has 0 aromatic heterocycles. The van der Waals surface area contributed by atoms with Gasteiger partial charge in [-0.2, -0.15) is 0 Å². The Labute approximate surface area is 66.4 Å². The van der Waals surface area contributed by atoms with Crippen molar-refractivity contribution < 1.29 is 14.3 Å². The van der Waals surface area contributed by atoms with Crippen LogP contribution in [0.25, 0.3) is 0 Å². The van der Waals surface area contributed by atoms with Gasteiger partial charge in [-0.05, 0) is 12.8 Å². The molecule has 0 heterocycles. The Bertz CT molecular complexity index is 125. The summed E-state index contributed by atoms with van der Waals surface area (Å²) in [6, 6.07) is 0. The summed E-state index contributed by atoms with van der Waals surface area (Å²) in [5.41, 5.74) is 0. The smallest absolute Gasteiger partial charge is 0.338 e. The van der Waals surface area contributed by atoms with Crippen LogP contribution in [0.4, 0.5) is 4.39 Å². The largest absolute Gasteiger partial charge is 0.479 e. The molecule has 0 spiro atoms. The van der Waals surface area contributed by atoms with Gasteiger partial charge in [0.15, 0.2) is 6.17 Å². The molecule has 0 bridgehead atoms. The highest BCUT2D eigenvalue weighted by Gasteiger charge is 2.24. The molecule has 0 fully saturated rings. The fourth-order valence-electron chi connectivity index (χ4n) is 1.13. The van der Waals surface area contributed by atoms with Crippen molar-refractivity contribution in [3.05, 3.63) is 0 Å². The molecule has 0 aliphatic carbocycles. The van der Waals surface area contributed by atoms with Crippen LogP contribution < -0.4 is 0 Å². The summed E-state index contributed by atoms with van der Waals surface area (Å²) >= 11 is 0. The number of hydrogen-bond donors (Lipinski definition) is 1. The Morgan fingerprint density at radius 3 is 2.36 bits per heavy atom. The van der Waals surface area contributed by atoms with Crippen LogP contribution in [0, 0.1) is 5.92 Å². The maximum Gasteiger partial charge on any atom is 0.338 e. The second kappa shape index (κ2) is 5.10. The van der Waals surface area contributed by atoms with E-state index in [0.717, 1.165) is 6.42 Å². The zero-order valence-electron chi connectivity index (χ0n) is 7.01. The molecule has 0 aromatic carbocycles. The predicted octanol–water partition coefficient (Wildman–Crippen LogP) is 2.24. The zero-order valence-corrected chi connectivity index (χ0v) is 7.01. The van der Waals surface area contributed by atoms with Crippen molar-refractivity contribution in [3.8, 4) is 0 Å². The third-order valence-corrected chi connectivity index (χ3v) is 1.83. The molecule has 0 radical (unpaired) electrons. The Hall–Kier alpha value is -0.600. The van der Waals surface area contributed by atoms with E-state index in [0.29, 0.717) is 12.8 Å². The monoisotopic (exact) mass is 162 g/mol. The van der Waals surface area contributed by atoms with Crippen molar-refractivity contribution in [1.82, 2.24) is 0 Å². The van der Waals surface area contributed by atoms with Gasteiger partial charge in [0.2, 0.25) is 0 Å². The molecule has 0 rings (SSSR count). The summed E-state index contributed by atoms with van der Waals surface area (Å²) in [5, 5.41) is 8.34. The number of alkyl halides is 1. The third kappa shape index (κ3) is 3.35. The Kier molecular flexibility index (Phi) is 4.83. The van der Waals surface area contributed by atoms with E-state index in [1.807, 2.05) is 13.8 Å². The van der Waals surface area contributed by atoms with Crippen molar-refractivity contribution in [2.45, 2.75) is 39.3 Å². The third-order valence-electron chi connectivity index (χ3n) is 1.83. The fourth-order valence-corrected chi connectivity index (χ4v) is 1.13. The van der Waals surface area contributed by atoms with Gasteiger partial charge in [0, 0.05) is 5.92 Å². The van der Waals surface area contributed by atoms with Gasteiger partial charge in [-0.3, -0.25) is 0 Å². The minimum atomic E-state index is -1.68.